The van der Waals surface area contributed by atoms with Gasteiger partial charge in [-0.05, 0) is 42.7 Å². The summed E-state index contributed by atoms with van der Waals surface area (Å²) in [4.78, 5) is 11.7. The fourth-order valence-electron chi connectivity index (χ4n) is 2.50. The van der Waals surface area contributed by atoms with Crippen LogP contribution in [0.15, 0.2) is 50.5 Å². The Kier molecular flexibility index (Phi) is 3.64. The van der Waals surface area contributed by atoms with Gasteiger partial charge >= 0.3 is 5.76 Å². The molecule has 0 saturated heterocycles. The van der Waals surface area contributed by atoms with Crippen molar-refractivity contribution in [3.8, 4) is 0 Å². The SMILES string of the molecule is Cc1ccc(CS(=O)(=O)c2ccc3c(c2)oc(=O)n3C)cc1C. The molecule has 3 rings (SSSR count). The van der Waals surface area contributed by atoms with Crippen LogP contribution in [0.2, 0.25) is 0 Å². The molecule has 6 heteroatoms. The molecule has 0 radical (unpaired) electrons. The maximum Gasteiger partial charge on any atom is 0.419 e. The van der Waals surface area contributed by atoms with Crippen LogP contribution in [0, 0.1) is 13.8 Å². The van der Waals surface area contributed by atoms with Crippen LogP contribution in [0.5, 0.6) is 0 Å². The fraction of sp³-hybridized carbons (Fsp3) is 0.235. The monoisotopic (exact) mass is 331 g/mol. The summed E-state index contributed by atoms with van der Waals surface area (Å²) >= 11 is 0. The molecule has 0 fully saturated rings. The van der Waals surface area contributed by atoms with Crippen molar-refractivity contribution in [1.82, 2.24) is 4.57 Å². The Labute approximate surface area is 134 Å². The number of aryl methyl sites for hydroxylation is 3. The van der Waals surface area contributed by atoms with E-state index in [9.17, 15) is 13.2 Å². The van der Waals surface area contributed by atoms with E-state index in [1.54, 1.807) is 13.1 Å². The van der Waals surface area contributed by atoms with Crippen LogP contribution >= 0.6 is 0 Å². The standard InChI is InChI=1S/C17H17NO4S/c1-11-4-5-13(8-12(11)2)10-23(20,21)14-6-7-15-16(9-14)22-17(19)18(15)3/h4-9H,10H2,1-3H3. The molecular formula is C17H17NO4S. The first-order valence-corrected chi connectivity index (χ1v) is 8.81. The third-order valence-corrected chi connectivity index (χ3v) is 5.74. The van der Waals surface area contributed by atoms with E-state index >= 15 is 0 Å². The van der Waals surface area contributed by atoms with Gasteiger partial charge < -0.3 is 4.42 Å². The molecule has 0 aliphatic carbocycles. The zero-order valence-corrected chi connectivity index (χ0v) is 14.0. The zero-order valence-electron chi connectivity index (χ0n) is 13.2. The van der Waals surface area contributed by atoms with Crippen molar-refractivity contribution in [1.29, 1.82) is 0 Å². The molecule has 5 nitrogen and oxygen atoms in total. The summed E-state index contributed by atoms with van der Waals surface area (Å²) in [6.07, 6.45) is 0. The van der Waals surface area contributed by atoms with Gasteiger partial charge in [0.15, 0.2) is 15.4 Å². The Morgan fingerprint density at radius 3 is 2.48 bits per heavy atom. The van der Waals surface area contributed by atoms with Crippen LogP contribution in [0.25, 0.3) is 11.1 Å². The smallest absolute Gasteiger partial charge is 0.408 e. The number of rotatable bonds is 3. The van der Waals surface area contributed by atoms with Crippen molar-refractivity contribution in [2.24, 2.45) is 7.05 Å². The third kappa shape index (κ3) is 2.82. The first kappa shape index (κ1) is 15.6. The molecule has 0 spiro atoms. The van der Waals surface area contributed by atoms with Crippen LogP contribution in [0.3, 0.4) is 0 Å². The lowest BCUT2D eigenvalue weighted by molar-refractivity contribution is 0.527. The summed E-state index contributed by atoms with van der Waals surface area (Å²) in [5.74, 6) is -0.597. The predicted octanol–water partition coefficient (Wildman–Crippen LogP) is 2.72. The molecule has 1 aromatic heterocycles. The average molecular weight is 331 g/mol. The van der Waals surface area contributed by atoms with Gasteiger partial charge in [0.2, 0.25) is 0 Å². The minimum absolute atomic E-state index is 0.0866. The van der Waals surface area contributed by atoms with Gasteiger partial charge in [-0.1, -0.05) is 18.2 Å². The molecular weight excluding hydrogens is 314 g/mol. The maximum absolute atomic E-state index is 12.6. The van der Waals surface area contributed by atoms with Gasteiger partial charge in [0.1, 0.15) is 0 Å². The largest absolute Gasteiger partial charge is 0.419 e. The number of benzene rings is 2. The lowest BCUT2D eigenvalue weighted by Crippen LogP contribution is -2.08. The molecule has 0 saturated carbocycles. The van der Waals surface area contributed by atoms with Crippen LogP contribution in [0.1, 0.15) is 16.7 Å². The summed E-state index contributed by atoms with van der Waals surface area (Å²) in [5.41, 5.74) is 3.77. The van der Waals surface area contributed by atoms with Gasteiger partial charge in [-0.15, -0.1) is 0 Å². The van der Waals surface area contributed by atoms with E-state index in [1.165, 1.54) is 16.7 Å². The number of hydrogen-bond donors (Lipinski definition) is 0. The van der Waals surface area contributed by atoms with Gasteiger partial charge in [0.05, 0.1) is 16.2 Å². The van der Waals surface area contributed by atoms with Crippen LogP contribution < -0.4 is 5.76 Å². The number of sulfone groups is 1. The van der Waals surface area contributed by atoms with Crippen molar-refractivity contribution >= 4 is 20.9 Å². The van der Waals surface area contributed by atoms with Gasteiger partial charge in [0, 0.05) is 13.1 Å². The Morgan fingerprint density at radius 2 is 1.78 bits per heavy atom. The molecule has 0 amide bonds. The molecule has 0 aliphatic heterocycles. The minimum atomic E-state index is -3.51. The minimum Gasteiger partial charge on any atom is -0.408 e. The Balaban J connectivity index is 2.01. The highest BCUT2D eigenvalue weighted by Crippen LogP contribution is 2.22. The second-order valence-electron chi connectivity index (χ2n) is 5.73. The molecule has 120 valence electrons. The number of nitrogens with zero attached hydrogens (tertiary/aromatic N) is 1. The van der Waals surface area contributed by atoms with Crippen LogP contribution in [0.4, 0.5) is 0 Å². The lowest BCUT2D eigenvalue weighted by Gasteiger charge is -2.07. The van der Waals surface area contributed by atoms with E-state index in [-0.39, 0.29) is 16.2 Å². The van der Waals surface area contributed by atoms with Gasteiger partial charge in [0.25, 0.3) is 0 Å². The third-order valence-electron chi connectivity index (χ3n) is 4.05. The van der Waals surface area contributed by atoms with E-state index in [4.69, 9.17) is 4.42 Å². The molecule has 0 bridgehead atoms. The van der Waals surface area contributed by atoms with E-state index < -0.39 is 15.6 Å². The van der Waals surface area contributed by atoms with Gasteiger partial charge in [-0.3, -0.25) is 4.57 Å². The number of oxazole rings is 1. The maximum atomic E-state index is 12.6. The number of aromatic nitrogens is 1. The predicted molar refractivity (Wildman–Crippen MR) is 88.3 cm³/mol. The molecule has 0 aliphatic rings. The first-order valence-electron chi connectivity index (χ1n) is 7.16. The highest BCUT2D eigenvalue weighted by Gasteiger charge is 2.18. The highest BCUT2D eigenvalue weighted by molar-refractivity contribution is 7.90. The van der Waals surface area contributed by atoms with Crippen LogP contribution in [-0.4, -0.2) is 13.0 Å². The first-order chi connectivity index (χ1) is 10.8. The summed E-state index contributed by atoms with van der Waals surface area (Å²) < 4.78 is 31.6. The quantitative estimate of drug-likeness (QED) is 0.740. The van der Waals surface area contributed by atoms with Crippen LogP contribution in [-0.2, 0) is 22.6 Å². The fourth-order valence-corrected chi connectivity index (χ4v) is 3.85. The summed E-state index contributed by atoms with van der Waals surface area (Å²) in [6, 6.07) is 10.1. The zero-order chi connectivity index (χ0) is 16.8. The molecule has 0 unspecified atom stereocenters. The van der Waals surface area contributed by atoms with E-state index in [2.05, 4.69) is 0 Å². The summed E-state index contributed by atoms with van der Waals surface area (Å²) in [5, 5.41) is 0. The van der Waals surface area contributed by atoms with Crippen molar-refractivity contribution in [3.63, 3.8) is 0 Å². The summed E-state index contributed by atoms with van der Waals surface area (Å²) in [7, 11) is -1.93. The van der Waals surface area contributed by atoms with Crippen molar-refractivity contribution in [2.45, 2.75) is 24.5 Å². The molecule has 2 aromatic carbocycles. The van der Waals surface area contributed by atoms with E-state index in [1.807, 2.05) is 32.0 Å². The van der Waals surface area contributed by atoms with E-state index in [0.29, 0.717) is 5.52 Å². The van der Waals surface area contributed by atoms with Crippen molar-refractivity contribution in [3.05, 3.63) is 63.6 Å². The Bertz CT molecular complexity index is 1060. The van der Waals surface area contributed by atoms with Gasteiger partial charge in [-0.2, -0.15) is 0 Å². The van der Waals surface area contributed by atoms with Gasteiger partial charge in [-0.25, -0.2) is 13.2 Å². The number of fused-ring (bicyclic) bond motifs is 1. The van der Waals surface area contributed by atoms with Crippen molar-refractivity contribution in [2.75, 3.05) is 0 Å². The van der Waals surface area contributed by atoms with E-state index in [0.717, 1.165) is 16.7 Å². The second-order valence-corrected chi connectivity index (χ2v) is 7.72. The van der Waals surface area contributed by atoms with Crippen molar-refractivity contribution < 1.29 is 12.8 Å². The summed E-state index contributed by atoms with van der Waals surface area (Å²) in [6.45, 7) is 3.94. The molecule has 0 N–H and O–H groups in total. The molecule has 23 heavy (non-hydrogen) atoms. The lowest BCUT2D eigenvalue weighted by atomic mass is 10.1. The second kappa shape index (κ2) is 5.38. The Morgan fingerprint density at radius 1 is 1.04 bits per heavy atom. The molecule has 1 heterocycles. The highest BCUT2D eigenvalue weighted by atomic mass is 32.2. The molecule has 0 atom stereocenters. The topological polar surface area (TPSA) is 69.3 Å². The number of hydrogen-bond acceptors (Lipinski definition) is 4. The molecule has 3 aromatic rings. The normalized spacial score (nSPS) is 12.0. The Hall–Kier alpha value is -2.34. The average Bonchev–Trinajstić information content (AvgIpc) is 2.77.